The second kappa shape index (κ2) is 10.8. The highest BCUT2D eigenvalue weighted by atomic mass is 16.5. The van der Waals surface area contributed by atoms with Crippen LogP contribution in [0.1, 0.15) is 23.9 Å². The highest BCUT2D eigenvalue weighted by Gasteiger charge is 2.17. The lowest BCUT2D eigenvalue weighted by atomic mass is 10.0. The van der Waals surface area contributed by atoms with E-state index in [1.165, 1.54) is 5.56 Å². The van der Waals surface area contributed by atoms with E-state index in [9.17, 15) is 0 Å². The molecule has 0 saturated carbocycles. The third-order valence-electron chi connectivity index (χ3n) is 8.04. The quantitative estimate of drug-likeness (QED) is 0.194. The fourth-order valence-electron chi connectivity index (χ4n) is 5.95. The van der Waals surface area contributed by atoms with Crippen LogP contribution in [-0.2, 0) is 6.42 Å². The van der Waals surface area contributed by atoms with Crippen LogP contribution in [0.5, 0.6) is 17.2 Å². The molecular formula is C37H32N4O2. The van der Waals surface area contributed by atoms with E-state index in [2.05, 4.69) is 92.1 Å². The maximum atomic E-state index is 6.49. The van der Waals surface area contributed by atoms with Gasteiger partial charge in [0.2, 0.25) is 0 Å². The molecular weight excluding hydrogens is 532 g/mol. The second-order valence-electron chi connectivity index (χ2n) is 10.7. The van der Waals surface area contributed by atoms with Crippen LogP contribution in [0.3, 0.4) is 0 Å². The average Bonchev–Trinajstić information content (AvgIpc) is 3.53. The smallest absolute Gasteiger partial charge is 0.137 e. The lowest BCUT2D eigenvalue weighted by Crippen LogP contribution is -2.00. The fraction of sp³-hybridized carbons (Fsp3) is 0.135. The number of benzene rings is 4. The summed E-state index contributed by atoms with van der Waals surface area (Å²) in [6, 6.07) is 35.1. The number of pyridine rings is 1. The van der Waals surface area contributed by atoms with Crippen LogP contribution in [0.4, 0.5) is 0 Å². The molecule has 0 aliphatic carbocycles. The number of aromatic nitrogens is 4. The second-order valence-corrected chi connectivity index (χ2v) is 10.7. The van der Waals surface area contributed by atoms with Crippen molar-refractivity contribution in [1.82, 2.24) is 19.3 Å². The molecule has 0 aliphatic heterocycles. The first kappa shape index (κ1) is 26.5. The maximum absolute atomic E-state index is 6.49. The highest BCUT2D eigenvalue weighted by molar-refractivity contribution is 6.10. The normalized spacial score (nSPS) is 11.3. The van der Waals surface area contributed by atoms with Crippen molar-refractivity contribution in [3.05, 3.63) is 126 Å². The van der Waals surface area contributed by atoms with Gasteiger partial charge in [-0.15, -0.1) is 0 Å². The van der Waals surface area contributed by atoms with Crippen molar-refractivity contribution in [2.75, 3.05) is 7.11 Å². The minimum Gasteiger partial charge on any atom is -0.497 e. The van der Waals surface area contributed by atoms with E-state index in [1.54, 1.807) is 7.11 Å². The first-order valence-electron chi connectivity index (χ1n) is 14.5. The molecule has 7 rings (SSSR count). The van der Waals surface area contributed by atoms with Gasteiger partial charge < -0.3 is 9.47 Å². The standard InChI is InChI=1S/C37H32N4O2/c1-5-26-18-19-38-36(20-26)40-34-17-15-29(42-4)22-33(34)32-16-14-31(23-35(32)40)43-30-13-9-12-28(21-30)41-25(3)37(24(2)39-41)27-10-7-6-8-11-27/h6-23H,5H2,1-4H3. The molecule has 0 aliphatic rings. The topological polar surface area (TPSA) is 54.1 Å². The van der Waals surface area contributed by atoms with Crippen LogP contribution in [0, 0.1) is 13.8 Å². The van der Waals surface area contributed by atoms with Crippen LogP contribution >= 0.6 is 0 Å². The van der Waals surface area contributed by atoms with Crippen LogP contribution in [-0.4, -0.2) is 26.4 Å². The Bertz CT molecular complexity index is 2110. The Hall–Kier alpha value is -5.36. The Morgan fingerprint density at radius 2 is 1.53 bits per heavy atom. The lowest BCUT2D eigenvalue weighted by Gasteiger charge is -2.11. The molecule has 0 radical (unpaired) electrons. The summed E-state index contributed by atoms with van der Waals surface area (Å²) in [5.74, 6) is 3.17. The number of ether oxygens (including phenoxy) is 2. The number of aryl methyl sites for hydroxylation is 2. The molecule has 0 bridgehead atoms. The average molecular weight is 565 g/mol. The Morgan fingerprint density at radius 3 is 2.35 bits per heavy atom. The van der Waals surface area contributed by atoms with Crippen molar-refractivity contribution in [3.63, 3.8) is 0 Å². The van der Waals surface area contributed by atoms with E-state index in [-0.39, 0.29) is 0 Å². The van der Waals surface area contributed by atoms with Crippen LogP contribution in [0.15, 0.2) is 109 Å². The summed E-state index contributed by atoms with van der Waals surface area (Å²) in [4.78, 5) is 4.75. The maximum Gasteiger partial charge on any atom is 0.137 e. The van der Waals surface area contributed by atoms with Crippen LogP contribution < -0.4 is 9.47 Å². The van der Waals surface area contributed by atoms with Crippen molar-refractivity contribution in [1.29, 1.82) is 0 Å². The van der Waals surface area contributed by atoms with Gasteiger partial charge in [0.1, 0.15) is 23.1 Å². The molecule has 43 heavy (non-hydrogen) atoms. The van der Waals surface area contributed by atoms with Gasteiger partial charge >= 0.3 is 0 Å². The summed E-state index contributed by atoms with van der Waals surface area (Å²) in [6.07, 6.45) is 2.82. The molecule has 6 nitrogen and oxygen atoms in total. The van der Waals surface area contributed by atoms with Crippen molar-refractivity contribution < 1.29 is 9.47 Å². The van der Waals surface area contributed by atoms with Gasteiger partial charge in [0.25, 0.3) is 0 Å². The van der Waals surface area contributed by atoms with Gasteiger partial charge in [-0.3, -0.25) is 4.57 Å². The van der Waals surface area contributed by atoms with E-state index in [0.29, 0.717) is 0 Å². The molecule has 4 aromatic carbocycles. The molecule has 0 N–H and O–H groups in total. The molecule has 0 saturated heterocycles. The largest absolute Gasteiger partial charge is 0.497 e. The van der Waals surface area contributed by atoms with Crippen LogP contribution in [0.2, 0.25) is 0 Å². The number of nitrogens with zero attached hydrogens (tertiary/aromatic N) is 4. The molecule has 212 valence electrons. The molecule has 0 spiro atoms. The minimum absolute atomic E-state index is 0.737. The van der Waals surface area contributed by atoms with Gasteiger partial charge in [0.05, 0.1) is 29.5 Å². The SMILES string of the molecule is CCc1ccnc(-n2c3ccc(OC)cc3c3ccc(Oc4cccc(-n5nc(C)c(-c6ccccc6)c5C)c4)cc32)c1. The Kier molecular flexibility index (Phi) is 6.67. The molecule has 3 aromatic heterocycles. The van der Waals surface area contributed by atoms with Crippen molar-refractivity contribution in [3.8, 4) is 39.9 Å². The van der Waals surface area contributed by atoms with E-state index in [0.717, 1.165) is 79.5 Å². The Labute approximate surface area is 250 Å². The highest BCUT2D eigenvalue weighted by Crippen LogP contribution is 2.37. The molecule has 7 aromatic rings. The third kappa shape index (κ3) is 4.71. The number of rotatable bonds is 7. The zero-order valence-corrected chi connectivity index (χ0v) is 24.7. The first-order valence-corrected chi connectivity index (χ1v) is 14.5. The monoisotopic (exact) mass is 564 g/mol. The summed E-state index contributed by atoms with van der Waals surface area (Å²) in [5, 5.41) is 7.09. The molecule has 6 heteroatoms. The minimum atomic E-state index is 0.737. The van der Waals surface area contributed by atoms with E-state index in [1.807, 2.05) is 47.3 Å². The summed E-state index contributed by atoms with van der Waals surface area (Å²) >= 11 is 0. The van der Waals surface area contributed by atoms with Gasteiger partial charge in [-0.05, 0) is 86.0 Å². The zero-order chi connectivity index (χ0) is 29.5. The van der Waals surface area contributed by atoms with Gasteiger partial charge in [0, 0.05) is 40.4 Å². The van der Waals surface area contributed by atoms with Gasteiger partial charge in [-0.1, -0.05) is 43.3 Å². The van der Waals surface area contributed by atoms with E-state index < -0.39 is 0 Å². The molecule has 3 heterocycles. The fourth-order valence-corrected chi connectivity index (χ4v) is 5.95. The van der Waals surface area contributed by atoms with Crippen molar-refractivity contribution >= 4 is 21.8 Å². The molecule has 0 fully saturated rings. The predicted octanol–water partition coefficient (Wildman–Crippen LogP) is 9.01. The van der Waals surface area contributed by atoms with Gasteiger partial charge in [-0.25, -0.2) is 9.67 Å². The summed E-state index contributed by atoms with van der Waals surface area (Å²) in [5.41, 5.74) is 8.66. The van der Waals surface area contributed by atoms with Crippen LogP contribution in [0.25, 0.3) is 44.4 Å². The van der Waals surface area contributed by atoms with E-state index in [4.69, 9.17) is 19.6 Å². The van der Waals surface area contributed by atoms with Gasteiger partial charge in [-0.2, -0.15) is 5.10 Å². The first-order chi connectivity index (χ1) is 21.0. The molecule has 0 amide bonds. The number of fused-ring (bicyclic) bond motifs is 3. The lowest BCUT2D eigenvalue weighted by molar-refractivity contribution is 0.415. The Morgan fingerprint density at radius 1 is 0.721 bits per heavy atom. The Balaban J connectivity index is 1.30. The zero-order valence-electron chi connectivity index (χ0n) is 24.7. The summed E-state index contributed by atoms with van der Waals surface area (Å²) < 4.78 is 16.2. The number of methoxy groups -OCH3 is 1. The van der Waals surface area contributed by atoms with Crippen molar-refractivity contribution in [2.24, 2.45) is 0 Å². The number of hydrogen-bond donors (Lipinski definition) is 0. The molecule has 0 unspecified atom stereocenters. The molecule has 0 atom stereocenters. The van der Waals surface area contributed by atoms with E-state index >= 15 is 0 Å². The number of hydrogen-bond acceptors (Lipinski definition) is 4. The predicted molar refractivity (Wildman–Crippen MR) is 173 cm³/mol. The summed E-state index contributed by atoms with van der Waals surface area (Å²) in [7, 11) is 1.70. The van der Waals surface area contributed by atoms with Crippen molar-refractivity contribution in [2.45, 2.75) is 27.2 Å². The van der Waals surface area contributed by atoms with Gasteiger partial charge in [0.15, 0.2) is 0 Å². The third-order valence-corrected chi connectivity index (χ3v) is 8.04. The summed E-state index contributed by atoms with van der Waals surface area (Å²) in [6.45, 7) is 6.32.